The van der Waals surface area contributed by atoms with Crippen LogP contribution in [0.2, 0.25) is 0 Å². The van der Waals surface area contributed by atoms with E-state index >= 15 is 0 Å². The van der Waals surface area contributed by atoms with Gasteiger partial charge in [0, 0.05) is 24.2 Å². The quantitative estimate of drug-likeness (QED) is 0.363. The molecular formula is C17H20N2O5. The zero-order chi connectivity index (χ0) is 18.0. The van der Waals surface area contributed by atoms with E-state index in [1.165, 1.54) is 25.5 Å². The Morgan fingerprint density at radius 2 is 1.92 bits per heavy atom. The number of allylic oxidation sites excluding steroid dienone is 2. The van der Waals surface area contributed by atoms with Crippen LogP contribution in [0.4, 0.5) is 0 Å². The van der Waals surface area contributed by atoms with Crippen molar-refractivity contribution in [1.82, 2.24) is 9.88 Å². The molecule has 1 aromatic carbocycles. The van der Waals surface area contributed by atoms with E-state index < -0.39 is 23.7 Å². The average Bonchev–Trinajstić information content (AvgIpc) is 2.52. The van der Waals surface area contributed by atoms with Crippen LogP contribution in [0.15, 0.2) is 40.8 Å². The molecule has 1 aromatic heterocycles. The van der Waals surface area contributed by atoms with Crippen molar-refractivity contribution in [3.8, 4) is 5.75 Å². The molecule has 7 nitrogen and oxygen atoms in total. The molecular weight excluding hydrogens is 312 g/mol. The van der Waals surface area contributed by atoms with Gasteiger partial charge in [0.05, 0.1) is 11.6 Å². The Morgan fingerprint density at radius 3 is 2.54 bits per heavy atom. The number of hydrogen-bond acceptors (Lipinski definition) is 6. The molecule has 128 valence electrons. The number of nitrogens with zero attached hydrogens (tertiary/aromatic N) is 1. The molecule has 4 N–H and O–H groups in total. The standard InChI is InChI=1S/C17H20N2O5/c1-9(18-16(23)10(2)20)8-13(21)14-15(22)11-6-4-5-7-12(11)19(3)17(14)24/h4-8,10,16,18,20,22-23H,1-3H3/b9-8+. The molecule has 2 aromatic rings. The van der Waals surface area contributed by atoms with Crippen molar-refractivity contribution in [1.29, 1.82) is 0 Å². The predicted molar refractivity (Wildman–Crippen MR) is 89.8 cm³/mol. The molecule has 0 radical (unpaired) electrons. The number of ketones is 1. The number of carbonyl (C=O) groups is 1. The Balaban J connectivity index is 2.49. The van der Waals surface area contributed by atoms with E-state index in [9.17, 15) is 24.9 Å². The van der Waals surface area contributed by atoms with E-state index in [-0.39, 0.29) is 17.0 Å². The largest absolute Gasteiger partial charge is 0.506 e. The lowest BCUT2D eigenvalue weighted by Gasteiger charge is -2.17. The Labute approximate surface area is 138 Å². The van der Waals surface area contributed by atoms with Gasteiger partial charge in [-0.15, -0.1) is 0 Å². The first kappa shape index (κ1) is 17.7. The lowest BCUT2D eigenvalue weighted by atomic mass is 10.1. The summed E-state index contributed by atoms with van der Waals surface area (Å²) in [5.74, 6) is -1.07. The van der Waals surface area contributed by atoms with Crippen LogP contribution in [0.3, 0.4) is 0 Å². The minimum absolute atomic E-state index is 0.253. The highest BCUT2D eigenvalue weighted by molar-refractivity contribution is 6.09. The van der Waals surface area contributed by atoms with Gasteiger partial charge in [0.25, 0.3) is 5.56 Å². The molecule has 0 spiro atoms. The number of aromatic nitrogens is 1. The van der Waals surface area contributed by atoms with Gasteiger partial charge < -0.3 is 25.2 Å². The smallest absolute Gasteiger partial charge is 0.265 e. The molecule has 7 heteroatoms. The highest BCUT2D eigenvalue weighted by atomic mass is 16.3. The second-order valence-electron chi connectivity index (χ2n) is 5.63. The van der Waals surface area contributed by atoms with Crippen LogP contribution in [-0.4, -0.2) is 38.0 Å². The van der Waals surface area contributed by atoms with Crippen LogP contribution in [0, 0.1) is 0 Å². The van der Waals surface area contributed by atoms with Crippen molar-refractivity contribution < 1.29 is 20.1 Å². The number of nitrogens with one attached hydrogen (secondary N) is 1. The highest BCUT2D eigenvalue weighted by Gasteiger charge is 2.20. The van der Waals surface area contributed by atoms with E-state index in [2.05, 4.69) is 5.32 Å². The summed E-state index contributed by atoms with van der Waals surface area (Å²) in [5.41, 5.74) is -0.192. The molecule has 1 heterocycles. The van der Waals surface area contributed by atoms with Gasteiger partial charge in [-0.2, -0.15) is 0 Å². The van der Waals surface area contributed by atoms with E-state index in [0.29, 0.717) is 10.9 Å². The fraction of sp³-hybridized carbons (Fsp3) is 0.294. The van der Waals surface area contributed by atoms with Crippen LogP contribution in [0.25, 0.3) is 10.9 Å². The maximum atomic E-state index is 12.4. The molecule has 0 bridgehead atoms. The maximum absolute atomic E-state index is 12.4. The summed E-state index contributed by atoms with van der Waals surface area (Å²) < 4.78 is 1.30. The van der Waals surface area contributed by atoms with Crippen molar-refractivity contribution in [2.24, 2.45) is 7.05 Å². The van der Waals surface area contributed by atoms with Gasteiger partial charge in [0.1, 0.15) is 17.5 Å². The number of rotatable bonds is 5. The SMILES string of the molecule is C/C(=C\C(=O)c1c(O)c2ccccc2n(C)c1=O)NC(O)C(C)O. The fourth-order valence-corrected chi connectivity index (χ4v) is 2.37. The summed E-state index contributed by atoms with van der Waals surface area (Å²) in [6.07, 6.45) is -1.19. The van der Waals surface area contributed by atoms with Crippen LogP contribution in [-0.2, 0) is 7.05 Å². The molecule has 2 unspecified atom stereocenters. The highest BCUT2D eigenvalue weighted by Crippen LogP contribution is 2.26. The molecule has 2 rings (SSSR count). The number of aryl methyl sites for hydroxylation is 1. The number of benzene rings is 1. The van der Waals surface area contributed by atoms with Crippen molar-refractivity contribution in [2.75, 3.05) is 0 Å². The zero-order valence-corrected chi connectivity index (χ0v) is 13.6. The fourth-order valence-electron chi connectivity index (χ4n) is 2.37. The number of carbonyl (C=O) groups excluding carboxylic acids is 1. The van der Waals surface area contributed by atoms with Gasteiger partial charge in [-0.1, -0.05) is 12.1 Å². The summed E-state index contributed by atoms with van der Waals surface area (Å²) in [6.45, 7) is 2.89. The van der Waals surface area contributed by atoms with Gasteiger partial charge in [-0.3, -0.25) is 9.59 Å². The minimum Gasteiger partial charge on any atom is -0.506 e. The predicted octanol–water partition coefficient (Wildman–Crippen LogP) is 0.619. The third-order valence-electron chi connectivity index (χ3n) is 3.70. The first-order valence-electron chi connectivity index (χ1n) is 7.40. The maximum Gasteiger partial charge on any atom is 0.265 e. The van der Waals surface area contributed by atoms with Crippen molar-refractivity contribution in [3.05, 3.63) is 52.0 Å². The number of pyridine rings is 1. The average molecular weight is 332 g/mol. The Hall–Kier alpha value is -2.64. The Morgan fingerprint density at radius 1 is 1.29 bits per heavy atom. The third-order valence-corrected chi connectivity index (χ3v) is 3.70. The summed E-state index contributed by atoms with van der Waals surface area (Å²) in [7, 11) is 1.52. The number of aliphatic hydroxyl groups is 2. The summed E-state index contributed by atoms with van der Waals surface area (Å²) in [5, 5.41) is 32.0. The van der Waals surface area contributed by atoms with Gasteiger partial charge in [0.2, 0.25) is 0 Å². The van der Waals surface area contributed by atoms with Gasteiger partial charge >= 0.3 is 0 Å². The summed E-state index contributed by atoms with van der Waals surface area (Å²) in [6, 6.07) is 6.72. The zero-order valence-electron chi connectivity index (χ0n) is 13.6. The van der Waals surface area contributed by atoms with Gasteiger partial charge in [-0.25, -0.2) is 0 Å². The Kier molecular flexibility index (Phi) is 5.06. The van der Waals surface area contributed by atoms with E-state index in [4.69, 9.17) is 0 Å². The van der Waals surface area contributed by atoms with Crippen LogP contribution in [0.1, 0.15) is 24.2 Å². The molecule has 0 aliphatic rings. The first-order chi connectivity index (χ1) is 11.2. The number of aromatic hydroxyl groups is 1. The molecule has 0 aliphatic carbocycles. The van der Waals surface area contributed by atoms with Crippen LogP contribution >= 0.6 is 0 Å². The molecule has 0 amide bonds. The van der Waals surface area contributed by atoms with Crippen molar-refractivity contribution in [2.45, 2.75) is 26.2 Å². The van der Waals surface area contributed by atoms with E-state index in [1.54, 1.807) is 24.3 Å². The second-order valence-corrected chi connectivity index (χ2v) is 5.63. The normalized spacial score (nSPS) is 14.5. The molecule has 24 heavy (non-hydrogen) atoms. The summed E-state index contributed by atoms with van der Waals surface area (Å²) >= 11 is 0. The van der Waals surface area contributed by atoms with Gasteiger partial charge in [-0.05, 0) is 26.0 Å². The lowest BCUT2D eigenvalue weighted by molar-refractivity contribution is 0.0159. The number of para-hydroxylation sites is 1. The third kappa shape index (κ3) is 3.32. The molecule has 0 saturated carbocycles. The Bertz CT molecular complexity index is 867. The topological polar surface area (TPSA) is 112 Å². The summed E-state index contributed by atoms with van der Waals surface area (Å²) in [4.78, 5) is 24.8. The molecule has 0 aliphatic heterocycles. The molecule has 2 atom stereocenters. The van der Waals surface area contributed by atoms with E-state index in [1.807, 2.05) is 0 Å². The number of aliphatic hydroxyl groups excluding tert-OH is 2. The van der Waals surface area contributed by atoms with Crippen molar-refractivity contribution >= 4 is 16.7 Å². The second kappa shape index (κ2) is 6.86. The van der Waals surface area contributed by atoms with Gasteiger partial charge in [0.15, 0.2) is 5.78 Å². The van der Waals surface area contributed by atoms with Crippen LogP contribution in [0.5, 0.6) is 5.75 Å². The lowest BCUT2D eigenvalue weighted by Crippen LogP contribution is -2.37. The van der Waals surface area contributed by atoms with Crippen molar-refractivity contribution in [3.63, 3.8) is 0 Å². The van der Waals surface area contributed by atoms with Crippen LogP contribution < -0.4 is 10.9 Å². The molecule has 0 fully saturated rings. The number of fused-ring (bicyclic) bond motifs is 1. The monoisotopic (exact) mass is 332 g/mol. The number of hydrogen-bond donors (Lipinski definition) is 4. The minimum atomic E-state index is -1.25. The first-order valence-corrected chi connectivity index (χ1v) is 7.40. The molecule has 0 saturated heterocycles. The van der Waals surface area contributed by atoms with E-state index in [0.717, 1.165) is 6.08 Å².